The SMILES string of the molecule is CC(=O)Cn1c(=O)c(S(=O)(=O)O)cn(CC(=O)O)c1=O. The van der Waals surface area contributed by atoms with Crippen molar-refractivity contribution in [3.05, 3.63) is 27.0 Å². The molecule has 0 amide bonds. The van der Waals surface area contributed by atoms with E-state index in [0.717, 1.165) is 6.92 Å². The van der Waals surface area contributed by atoms with Gasteiger partial charge in [0.2, 0.25) is 0 Å². The van der Waals surface area contributed by atoms with Gasteiger partial charge in [0, 0.05) is 6.20 Å². The molecular weight excluding hydrogens is 296 g/mol. The molecule has 2 N–H and O–H groups in total. The first kappa shape index (κ1) is 15.8. The summed E-state index contributed by atoms with van der Waals surface area (Å²) in [6.45, 7) is -0.617. The van der Waals surface area contributed by atoms with E-state index in [0.29, 0.717) is 10.8 Å². The maximum Gasteiger partial charge on any atom is 0.332 e. The molecule has 0 radical (unpaired) electrons. The number of carboxylic acid groups (broad SMARTS) is 1. The second-order valence-corrected chi connectivity index (χ2v) is 5.26. The van der Waals surface area contributed by atoms with Crippen molar-refractivity contribution in [1.29, 1.82) is 0 Å². The van der Waals surface area contributed by atoms with Gasteiger partial charge in [-0.05, 0) is 6.92 Å². The smallest absolute Gasteiger partial charge is 0.332 e. The Morgan fingerprint density at radius 3 is 2.20 bits per heavy atom. The Morgan fingerprint density at radius 2 is 1.80 bits per heavy atom. The molecule has 110 valence electrons. The summed E-state index contributed by atoms with van der Waals surface area (Å²) in [5, 5.41) is 8.60. The van der Waals surface area contributed by atoms with Gasteiger partial charge in [-0.3, -0.25) is 28.1 Å². The van der Waals surface area contributed by atoms with Gasteiger partial charge in [0.25, 0.3) is 5.56 Å². The van der Waals surface area contributed by atoms with Crippen LogP contribution in [0, 0.1) is 0 Å². The first-order valence-corrected chi connectivity index (χ1v) is 6.51. The minimum absolute atomic E-state index is 0.244. The van der Waals surface area contributed by atoms with Crippen LogP contribution in [0.5, 0.6) is 0 Å². The van der Waals surface area contributed by atoms with Crippen molar-refractivity contribution >= 4 is 21.9 Å². The molecule has 11 heteroatoms. The number of Topliss-reactive ketones (excluding diaryl/α,β-unsaturated/α-hetero) is 1. The summed E-state index contributed by atoms with van der Waals surface area (Å²) in [5.41, 5.74) is -2.56. The lowest BCUT2D eigenvalue weighted by molar-refractivity contribution is -0.137. The van der Waals surface area contributed by atoms with Crippen LogP contribution < -0.4 is 11.2 Å². The van der Waals surface area contributed by atoms with Gasteiger partial charge < -0.3 is 5.11 Å². The Balaban J connectivity index is 3.74. The number of carbonyl (C=O) groups is 2. The second-order valence-electron chi connectivity index (χ2n) is 3.87. The largest absolute Gasteiger partial charge is 0.480 e. The van der Waals surface area contributed by atoms with Crippen LogP contribution in [0.15, 0.2) is 20.7 Å². The quantitative estimate of drug-likeness (QED) is 0.588. The lowest BCUT2D eigenvalue weighted by Gasteiger charge is -2.09. The molecule has 0 spiro atoms. The summed E-state index contributed by atoms with van der Waals surface area (Å²) in [7, 11) is -4.96. The summed E-state index contributed by atoms with van der Waals surface area (Å²) < 4.78 is 31.6. The molecule has 0 aliphatic carbocycles. The van der Waals surface area contributed by atoms with E-state index in [1.165, 1.54) is 0 Å². The van der Waals surface area contributed by atoms with Gasteiger partial charge in [0.15, 0.2) is 4.90 Å². The lowest BCUT2D eigenvalue weighted by Crippen LogP contribution is -2.44. The number of rotatable bonds is 5. The Labute approximate surface area is 111 Å². The molecule has 1 heterocycles. The van der Waals surface area contributed by atoms with E-state index < -0.39 is 51.1 Å². The number of carbonyl (C=O) groups excluding carboxylic acids is 1. The third-order valence-electron chi connectivity index (χ3n) is 2.17. The van der Waals surface area contributed by atoms with E-state index in [2.05, 4.69) is 0 Å². The molecule has 0 aliphatic heterocycles. The van der Waals surface area contributed by atoms with Crippen LogP contribution in [0.3, 0.4) is 0 Å². The number of nitrogens with zero attached hydrogens (tertiary/aromatic N) is 2. The number of hydrogen-bond donors (Lipinski definition) is 2. The van der Waals surface area contributed by atoms with Crippen LogP contribution in [-0.4, -0.2) is 39.0 Å². The van der Waals surface area contributed by atoms with Crippen LogP contribution >= 0.6 is 0 Å². The predicted octanol–water partition coefficient (Wildman–Crippen LogP) is -2.07. The van der Waals surface area contributed by atoms with Crippen molar-refractivity contribution in [2.45, 2.75) is 24.9 Å². The second kappa shape index (κ2) is 5.38. The normalized spacial score (nSPS) is 11.3. The molecule has 0 bridgehead atoms. The number of carboxylic acids is 1. The Morgan fingerprint density at radius 1 is 1.25 bits per heavy atom. The number of aromatic nitrogens is 2. The lowest BCUT2D eigenvalue weighted by atomic mass is 10.4. The zero-order chi connectivity index (χ0) is 15.7. The summed E-state index contributed by atoms with van der Waals surface area (Å²) in [4.78, 5) is 43.9. The highest BCUT2D eigenvalue weighted by atomic mass is 32.2. The van der Waals surface area contributed by atoms with Crippen LogP contribution in [0.1, 0.15) is 6.92 Å². The van der Waals surface area contributed by atoms with Crippen molar-refractivity contribution in [2.75, 3.05) is 0 Å². The molecule has 20 heavy (non-hydrogen) atoms. The fourth-order valence-electron chi connectivity index (χ4n) is 1.42. The van der Waals surface area contributed by atoms with E-state index in [1.807, 2.05) is 0 Å². The fourth-order valence-corrected chi connectivity index (χ4v) is 2.02. The van der Waals surface area contributed by atoms with Crippen molar-refractivity contribution < 1.29 is 27.7 Å². The number of ketones is 1. The van der Waals surface area contributed by atoms with E-state index >= 15 is 0 Å². The molecule has 0 fully saturated rings. The average molecular weight is 306 g/mol. The highest BCUT2D eigenvalue weighted by molar-refractivity contribution is 7.85. The molecule has 0 saturated carbocycles. The van der Waals surface area contributed by atoms with E-state index in [1.54, 1.807) is 0 Å². The van der Waals surface area contributed by atoms with Crippen molar-refractivity contribution in [2.24, 2.45) is 0 Å². The zero-order valence-electron chi connectivity index (χ0n) is 10.1. The van der Waals surface area contributed by atoms with Gasteiger partial charge in [0.05, 0.1) is 6.54 Å². The standard InChI is InChI=1S/C9H10N2O8S/c1-5(12)2-11-8(15)6(20(17,18)19)3-10(9(11)16)4-7(13)14/h3H,2,4H2,1H3,(H,13,14)(H,17,18,19). The number of aliphatic carboxylic acids is 1. The van der Waals surface area contributed by atoms with Crippen LogP contribution in [-0.2, 0) is 32.8 Å². The summed E-state index contributed by atoms with van der Waals surface area (Å²) >= 11 is 0. The maximum atomic E-state index is 11.8. The minimum atomic E-state index is -4.96. The highest BCUT2D eigenvalue weighted by Crippen LogP contribution is 1.99. The molecule has 1 rings (SSSR count). The zero-order valence-corrected chi connectivity index (χ0v) is 11.0. The third kappa shape index (κ3) is 3.39. The Kier molecular flexibility index (Phi) is 4.25. The van der Waals surface area contributed by atoms with Gasteiger partial charge in [-0.1, -0.05) is 0 Å². The molecule has 0 unspecified atom stereocenters. The van der Waals surface area contributed by atoms with Crippen LogP contribution in [0.4, 0.5) is 0 Å². The topological polar surface area (TPSA) is 153 Å². The maximum absolute atomic E-state index is 11.8. The third-order valence-corrected chi connectivity index (χ3v) is 3.01. The molecule has 0 aromatic carbocycles. The van der Waals surface area contributed by atoms with Gasteiger partial charge >= 0.3 is 21.8 Å². The van der Waals surface area contributed by atoms with E-state index in [4.69, 9.17) is 9.66 Å². The summed E-state index contributed by atoms with van der Waals surface area (Å²) in [6, 6.07) is 0. The van der Waals surface area contributed by atoms with Gasteiger partial charge in [-0.15, -0.1) is 0 Å². The minimum Gasteiger partial charge on any atom is -0.480 e. The average Bonchev–Trinajstić information content (AvgIpc) is 2.25. The highest BCUT2D eigenvalue weighted by Gasteiger charge is 2.22. The van der Waals surface area contributed by atoms with Gasteiger partial charge in [-0.25, -0.2) is 4.79 Å². The molecule has 10 nitrogen and oxygen atoms in total. The first-order chi connectivity index (χ1) is 9.04. The number of hydrogen-bond acceptors (Lipinski definition) is 6. The molecule has 0 aliphatic rings. The molecule has 1 aromatic heterocycles. The van der Waals surface area contributed by atoms with Gasteiger partial charge in [-0.2, -0.15) is 8.42 Å². The van der Waals surface area contributed by atoms with Crippen molar-refractivity contribution in [3.8, 4) is 0 Å². The van der Waals surface area contributed by atoms with E-state index in [9.17, 15) is 27.6 Å². The van der Waals surface area contributed by atoms with Crippen LogP contribution in [0.25, 0.3) is 0 Å². The Hall–Kier alpha value is -2.27. The monoisotopic (exact) mass is 306 g/mol. The summed E-state index contributed by atoms with van der Waals surface area (Å²) in [5.74, 6) is -2.10. The van der Waals surface area contributed by atoms with Crippen molar-refractivity contribution in [3.63, 3.8) is 0 Å². The van der Waals surface area contributed by atoms with Gasteiger partial charge in [0.1, 0.15) is 12.3 Å². The molecule has 0 atom stereocenters. The van der Waals surface area contributed by atoms with Crippen molar-refractivity contribution in [1.82, 2.24) is 9.13 Å². The first-order valence-electron chi connectivity index (χ1n) is 5.07. The van der Waals surface area contributed by atoms with E-state index in [-0.39, 0.29) is 4.57 Å². The molecular formula is C9H10N2O8S. The molecule has 1 aromatic rings. The molecule has 0 saturated heterocycles. The fraction of sp³-hybridized carbons (Fsp3) is 0.333. The summed E-state index contributed by atoms with van der Waals surface area (Å²) in [6.07, 6.45) is 0.421. The van der Waals surface area contributed by atoms with Crippen LogP contribution in [0.2, 0.25) is 0 Å². The predicted molar refractivity (Wildman–Crippen MR) is 63.1 cm³/mol. The Bertz CT molecular complexity index is 785.